The third-order valence-corrected chi connectivity index (χ3v) is 12.5. The van der Waals surface area contributed by atoms with E-state index in [9.17, 15) is 64.4 Å². The van der Waals surface area contributed by atoms with E-state index in [0.29, 0.717) is 12.0 Å². The highest BCUT2D eigenvalue weighted by Crippen LogP contribution is 2.37. The number of carbonyl (C=O) groups excluding carboxylic acids is 3. The van der Waals surface area contributed by atoms with Crippen molar-refractivity contribution in [1.82, 2.24) is 30.9 Å². The smallest absolute Gasteiger partial charge is 0.332 e. The number of aliphatic carboxylic acids is 1. The van der Waals surface area contributed by atoms with E-state index >= 15 is 0 Å². The lowest BCUT2D eigenvalue weighted by atomic mass is 9.80. The predicted molar refractivity (Wildman–Crippen MR) is 228 cm³/mol. The first kappa shape index (κ1) is 54.0. The molecule has 25 nitrogen and oxygen atoms in total. The summed E-state index contributed by atoms with van der Waals surface area (Å²) in [4.78, 5) is 51.6. The zero-order valence-electron chi connectivity index (χ0n) is 38.3. The number of halogens is 1. The van der Waals surface area contributed by atoms with Gasteiger partial charge in [-0.25, -0.2) is 13.9 Å². The number of aliphatic hydroxyl groups is 7. The van der Waals surface area contributed by atoms with Crippen LogP contribution in [0.1, 0.15) is 59.4 Å². The van der Waals surface area contributed by atoms with Crippen molar-refractivity contribution in [2.45, 2.75) is 164 Å². The SMILES string of the molecule is CCC[C@H](OC1C(NC(C)=O)[C@H](O[C@@H]2CC(C(=O)NCCO[C@H]3OC(CO)[C@@H](O)C(n4cc(-c5cccc(F)c5)nn4)C3O)CC(NC(C)=O)C2O[C@@H]2OC(C)[C@@H](O)C2O)OC(CO)[C@@H]1O)C(=O)O. The van der Waals surface area contributed by atoms with Crippen molar-refractivity contribution >= 4 is 23.7 Å². The highest BCUT2D eigenvalue weighted by Gasteiger charge is 2.53. The second-order valence-electron chi connectivity index (χ2n) is 17.6. The van der Waals surface area contributed by atoms with Gasteiger partial charge in [0.2, 0.25) is 17.7 Å². The van der Waals surface area contributed by atoms with E-state index in [2.05, 4.69) is 26.3 Å². The zero-order chi connectivity index (χ0) is 50.3. The van der Waals surface area contributed by atoms with Crippen molar-refractivity contribution in [2.24, 2.45) is 5.92 Å². The van der Waals surface area contributed by atoms with Gasteiger partial charge in [0.05, 0.1) is 44.3 Å². The molecule has 3 aliphatic heterocycles. The molecule has 11 N–H and O–H groups in total. The number of nitrogens with zero attached hydrogens (tertiary/aromatic N) is 3. The monoisotopic (exact) mass is 986 g/mol. The zero-order valence-corrected chi connectivity index (χ0v) is 38.3. The highest BCUT2D eigenvalue weighted by molar-refractivity contribution is 5.79. The molecular formula is C43H63FN6O19. The van der Waals surface area contributed by atoms with Gasteiger partial charge in [0.15, 0.2) is 25.0 Å². The van der Waals surface area contributed by atoms with Gasteiger partial charge in [-0.3, -0.25) is 14.4 Å². The molecule has 0 radical (unpaired) electrons. The van der Waals surface area contributed by atoms with Crippen LogP contribution < -0.4 is 16.0 Å². The number of benzene rings is 1. The van der Waals surface area contributed by atoms with Crippen molar-refractivity contribution < 1.29 is 97.6 Å². The molecule has 4 fully saturated rings. The summed E-state index contributed by atoms with van der Waals surface area (Å²) in [6, 6.07) is 1.78. The molecular weight excluding hydrogens is 923 g/mol. The van der Waals surface area contributed by atoms with E-state index in [1.165, 1.54) is 38.2 Å². The summed E-state index contributed by atoms with van der Waals surface area (Å²) in [6.07, 6.45) is -20.1. The van der Waals surface area contributed by atoms with Crippen molar-refractivity contribution in [3.05, 3.63) is 36.3 Å². The summed E-state index contributed by atoms with van der Waals surface area (Å²) in [7, 11) is 0. The highest BCUT2D eigenvalue weighted by atomic mass is 19.1. The van der Waals surface area contributed by atoms with Gasteiger partial charge in [-0.1, -0.05) is 30.7 Å². The summed E-state index contributed by atoms with van der Waals surface area (Å²) >= 11 is 0. The summed E-state index contributed by atoms with van der Waals surface area (Å²) in [6.45, 7) is 3.57. The van der Waals surface area contributed by atoms with Crippen molar-refractivity contribution in [3.8, 4) is 11.3 Å². The minimum atomic E-state index is -1.69. The second kappa shape index (κ2) is 24.2. The molecule has 19 atom stereocenters. The molecule has 1 aliphatic carbocycles. The summed E-state index contributed by atoms with van der Waals surface area (Å²) in [5, 5.41) is 101. The van der Waals surface area contributed by atoms with E-state index < -0.39 is 159 Å². The van der Waals surface area contributed by atoms with Crippen LogP contribution in [0.15, 0.2) is 30.5 Å². The Hall–Kier alpha value is -4.39. The van der Waals surface area contributed by atoms with E-state index in [0.717, 1.165) is 11.6 Å². The minimum Gasteiger partial charge on any atom is -0.479 e. The first-order valence-corrected chi connectivity index (χ1v) is 22.7. The molecule has 1 aromatic heterocycles. The van der Waals surface area contributed by atoms with Gasteiger partial charge >= 0.3 is 5.97 Å². The lowest BCUT2D eigenvalue weighted by molar-refractivity contribution is -0.312. The quantitative estimate of drug-likeness (QED) is 0.0575. The molecule has 69 heavy (non-hydrogen) atoms. The number of carbonyl (C=O) groups is 4. The number of hydrogen-bond donors (Lipinski definition) is 11. The van der Waals surface area contributed by atoms with E-state index in [4.69, 9.17) is 33.2 Å². The number of hydrogen-bond acceptors (Lipinski definition) is 20. The first-order chi connectivity index (χ1) is 32.8. The number of ether oxygens (including phenoxy) is 7. The third kappa shape index (κ3) is 12.9. The Bertz CT molecular complexity index is 2040. The normalized spacial score (nSPS) is 36.3. The van der Waals surface area contributed by atoms with E-state index in [1.807, 2.05) is 0 Å². The molecule has 2 aromatic rings. The van der Waals surface area contributed by atoms with Gasteiger partial charge in [-0.2, -0.15) is 0 Å². The number of nitrogens with one attached hydrogen (secondary N) is 3. The van der Waals surface area contributed by atoms with Gasteiger partial charge in [0.1, 0.15) is 78.5 Å². The lowest BCUT2D eigenvalue weighted by Crippen LogP contribution is -2.67. The van der Waals surface area contributed by atoms with Crippen LogP contribution in [0.25, 0.3) is 11.3 Å². The molecule has 11 unspecified atom stereocenters. The van der Waals surface area contributed by atoms with Crippen molar-refractivity contribution in [1.29, 1.82) is 0 Å². The van der Waals surface area contributed by atoms with E-state index in [-0.39, 0.29) is 38.1 Å². The van der Waals surface area contributed by atoms with Crippen LogP contribution in [0.5, 0.6) is 0 Å². The largest absolute Gasteiger partial charge is 0.479 e. The Balaban J connectivity index is 1.20. The Kier molecular flexibility index (Phi) is 18.9. The maximum atomic E-state index is 14.0. The number of aromatic nitrogens is 3. The molecule has 1 aromatic carbocycles. The maximum absolute atomic E-state index is 14.0. The Morgan fingerprint density at radius 3 is 2.19 bits per heavy atom. The van der Waals surface area contributed by atoms with Gasteiger partial charge in [-0.05, 0) is 38.3 Å². The minimum absolute atomic E-state index is 0.0123. The standard InChI is InChI=1S/C43H63FN6O19/c1-5-7-26(40(61)62)65-38-30(47-20(4)54)41(67-29(17-52)34(38)57)66-27-14-22(13-24(46-19(3)53)37(27)69-43-36(59)32(55)18(2)64-43)39(60)45-10-11-63-42-35(58)31(33(56)28(16-51)68-42)50-15-25(48-49-50)21-8-6-9-23(44)12-21/h6,8-9,12,15,18,22,24,26-38,41-43,51-52,55-59H,5,7,10-11,13-14,16-17H2,1-4H3,(H,45,60)(H,46,53)(H,47,54)(H,61,62)/t18?,22?,24?,26-,27+,28?,29?,30?,31?,32+,33+,34-,35?,36?,37?,38?,41+,42-,43-/m0/s1. The Morgan fingerprint density at radius 2 is 1.57 bits per heavy atom. The van der Waals surface area contributed by atoms with Crippen LogP contribution in [-0.2, 0) is 52.3 Å². The Labute approximate surface area is 395 Å². The van der Waals surface area contributed by atoms with Gasteiger partial charge < -0.3 is 90.0 Å². The number of amides is 3. The van der Waals surface area contributed by atoms with Crippen LogP contribution in [-0.4, -0.2) is 210 Å². The number of carboxylic acids is 1. The van der Waals surface area contributed by atoms with Crippen LogP contribution in [0.3, 0.4) is 0 Å². The lowest BCUT2D eigenvalue weighted by Gasteiger charge is -2.48. The molecule has 4 aliphatic rings. The third-order valence-electron chi connectivity index (χ3n) is 12.5. The van der Waals surface area contributed by atoms with Crippen LogP contribution in [0.2, 0.25) is 0 Å². The predicted octanol–water partition coefficient (Wildman–Crippen LogP) is -3.43. The average molecular weight is 987 g/mol. The maximum Gasteiger partial charge on any atom is 0.332 e. The fourth-order valence-corrected chi connectivity index (χ4v) is 9.04. The van der Waals surface area contributed by atoms with Crippen LogP contribution >= 0.6 is 0 Å². The molecule has 3 saturated heterocycles. The van der Waals surface area contributed by atoms with Gasteiger partial charge in [-0.15, -0.1) is 5.10 Å². The summed E-state index contributed by atoms with van der Waals surface area (Å²) in [5.41, 5.74) is 0.607. The molecule has 1 saturated carbocycles. The fourth-order valence-electron chi connectivity index (χ4n) is 9.04. The summed E-state index contributed by atoms with van der Waals surface area (Å²) < 4.78 is 56.9. The molecule has 0 bridgehead atoms. The van der Waals surface area contributed by atoms with Crippen LogP contribution in [0, 0.1) is 11.7 Å². The topological polar surface area (TPSA) is 362 Å². The van der Waals surface area contributed by atoms with E-state index in [1.54, 1.807) is 13.0 Å². The van der Waals surface area contributed by atoms with Crippen molar-refractivity contribution in [3.63, 3.8) is 0 Å². The number of rotatable bonds is 20. The summed E-state index contributed by atoms with van der Waals surface area (Å²) in [5.74, 6) is -4.71. The van der Waals surface area contributed by atoms with Gasteiger partial charge in [0.25, 0.3) is 0 Å². The Morgan fingerprint density at radius 1 is 0.870 bits per heavy atom. The fraction of sp³-hybridized carbons (Fsp3) is 0.721. The average Bonchev–Trinajstić information content (AvgIpc) is 3.88. The molecule has 4 heterocycles. The molecule has 3 amide bonds. The van der Waals surface area contributed by atoms with Crippen LogP contribution in [0.4, 0.5) is 4.39 Å². The molecule has 0 spiro atoms. The number of aliphatic hydroxyl groups excluding tert-OH is 7. The molecule has 386 valence electrons. The first-order valence-electron chi connectivity index (χ1n) is 22.7. The molecule has 6 rings (SSSR count). The van der Waals surface area contributed by atoms with Gasteiger partial charge in [0, 0.05) is 31.9 Å². The number of carboxylic acid groups (broad SMARTS) is 1. The van der Waals surface area contributed by atoms with Crippen molar-refractivity contribution in [2.75, 3.05) is 26.4 Å². The molecule has 26 heteroatoms. The second-order valence-corrected chi connectivity index (χ2v) is 17.6.